The predicted octanol–water partition coefficient (Wildman–Crippen LogP) is 4.02. The first-order valence-corrected chi connectivity index (χ1v) is 8.77. The van der Waals surface area contributed by atoms with Gasteiger partial charge in [0.25, 0.3) is 5.52 Å². The highest BCUT2D eigenvalue weighted by Gasteiger charge is 2.39. The zero-order valence-electron chi connectivity index (χ0n) is 13.6. The maximum Gasteiger partial charge on any atom is 0.471 e. The van der Waals surface area contributed by atoms with Crippen molar-refractivity contribution in [1.29, 1.82) is 0 Å². The quantitative estimate of drug-likeness (QED) is 0.321. The van der Waals surface area contributed by atoms with Gasteiger partial charge in [0, 0.05) is 21.4 Å². The molecule has 0 bridgehead atoms. The van der Waals surface area contributed by atoms with E-state index in [0.29, 0.717) is 15.6 Å². The minimum Gasteiger partial charge on any atom is -0.594 e. The van der Waals surface area contributed by atoms with Crippen molar-refractivity contribution >= 4 is 45.2 Å². The van der Waals surface area contributed by atoms with Crippen molar-refractivity contribution in [3.63, 3.8) is 0 Å². The Bertz CT molecular complexity index is 992. The molecule has 3 rings (SSSR count). The number of carbonyl (C=O) groups excluding carboxylic acids is 1. The summed E-state index contributed by atoms with van der Waals surface area (Å²) < 4.78 is 38.0. The fourth-order valence-corrected chi connectivity index (χ4v) is 3.55. The van der Waals surface area contributed by atoms with E-state index in [2.05, 4.69) is 5.10 Å². The molecular formula is C17H14F3N3O2S. The predicted molar refractivity (Wildman–Crippen MR) is 93.9 cm³/mol. The zero-order valence-corrected chi connectivity index (χ0v) is 14.4. The van der Waals surface area contributed by atoms with Crippen LogP contribution in [0.15, 0.2) is 41.3 Å². The molecule has 3 aromatic rings. The highest BCUT2D eigenvalue weighted by Crippen LogP contribution is 2.36. The van der Waals surface area contributed by atoms with Gasteiger partial charge in [-0.2, -0.15) is 13.2 Å². The normalized spacial score (nSPS) is 11.8. The summed E-state index contributed by atoms with van der Waals surface area (Å²) in [4.78, 5) is 12.6. The summed E-state index contributed by atoms with van der Waals surface area (Å²) in [6.07, 6.45) is -4.13. The fraction of sp³-hybridized carbons (Fsp3) is 0.235. The Morgan fingerprint density at radius 1 is 1.23 bits per heavy atom. The first-order valence-electron chi connectivity index (χ1n) is 7.79. The van der Waals surface area contributed by atoms with Crippen LogP contribution in [-0.4, -0.2) is 22.9 Å². The zero-order chi connectivity index (χ0) is 18.9. The second-order valence-corrected chi connectivity index (χ2v) is 6.66. The van der Waals surface area contributed by atoms with Crippen LogP contribution in [0.3, 0.4) is 0 Å². The Hall–Kier alpha value is -2.55. The second-order valence-electron chi connectivity index (χ2n) is 5.52. The average Bonchev–Trinajstić information content (AvgIpc) is 2.59. The van der Waals surface area contributed by atoms with Gasteiger partial charge >= 0.3 is 12.1 Å². The van der Waals surface area contributed by atoms with Gasteiger partial charge in [0.1, 0.15) is 5.52 Å². The van der Waals surface area contributed by atoms with Gasteiger partial charge in [0.15, 0.2) is 0 Å². The molecule has 0 saturated heterocycles. The Balaban J connectivity index is 2.30. The van der Waals surface area contributed by atoms with E-state index in [-0.39, 0.29) is 16.7 Å². The molecular weight excluding hydrogens is 367 g/mol. The molecule has 0 aliphatic carbocycles. The SMILES string of the molecule is CCCSc1cccc2c1c1c(NC(=O)C(F)(F)F)cccc1n[n+]2[O-]. The molecule has 0 aliphatic heterocycles. The summed E-state index contributed by atoms with van der Waals surface area (Å²) in [5.74, 6) is -1.30. The van der Waals surface area contributed by atoms with E-state index in [1.165, 1.54) is 30.0 Å². The molecule has 1 aromatic heterocycles. The van der Waals surface area contributed by atoms with E-state index in [0.717, 1.165) is 17.1 Å². The number of rotatable bonds is 4. The summed E-state index contributed by atoms with van der Waals surface area (Å²) in [6, 6.07) is 9.36. The Kier molecular flexibility index (Phi) is 4.90. The Morgan fingerprint density at radius 3 is 2.65 bits per heavy atom. The van der Waals surface area contributed by atoms with Crippen molar-refractivity contribution in [3.8, 4) is 0 Å². The third kappa shape index (κ3) is 3.39. The number of halogens is 3. The molecule has 9 heteroatoms. The van der Waals surface area contributed by atoms with Crippen LogP contribution >= 0.6 is 11.8 Å². The van der Waals surface area contributed by atoms with Crippen LogP contribution in [0.25, 0.3) is 21.8 Å². The molecule has 0 aliphatic rings. The van der Waals surface area contributed by atoms with Crippen molar-refractivity contribution < 1.29 is 22.8 Å². The minimum atomic E-state index is -5.02. The Labute approximate surface area is 150 Å². The number of alkyl halides is 3. The summed E-state index contributed by atoms with van der Waals surface area (Å²) in [5.41, 5.74) is 0.400. The standard InChI is InChI=1S/C17H14F3N3O2S/c1-2-9-26-13-8-4-7-12-15(13)14-10(21-16(24)17(18,19)20)5-3-6-11(14)22-23(12)25/h3-8H,2,9H2,1H3,(H,21,24). The van der Waals surface area contributed by atoms with Gasteiger partial charge in [-0.25, -0.2) is 0 Å². The summed E-state index contributed by atoms with van der Waals surface area (Å²) >= 11 is 1.49. The van der Waals surface area contributed by atoms with Crippen molar-refractivity contribution in [3.05, 3.63) is 41.6 Å². The van der Waals surface area contributed by atoms with Crippen LogP contribution in [-0.2, 0) is 4.79 Å². The highest BCUT2D eigenvalue weighted by molar-refractivity contribution is 7.99. The van der Waals surface area contributed by atoms with Gasteiger partial charge in [0.05, 0.1) is 11.1 Å². The van der Waals surface area contributed by atoms with Crippen LogP contribution in [0.4, 0.5) is 18.9 Å². The summed E-state index contributed by atoms with van der Waals surface area (Å²) in [6.45, 7) is 2.00. The maximum atomic E-state index is 12.7. The lowest BCUT2D eigenvalue weighted by Gasteiger charge is -2.13. The number of anilines is 1. The third-order valence-electron chi connectivity index (χ3n) is 3.67. The van der Waals surface area contributed by atoms with Gasteiger partial charge in [-0.15, -0.1) is 11.8 Å². The van der Waals surface area contributed by atoms with Crippen LogP contribution < -0.4 is 10.2 Å². The fourth-order valence-electron chi connectivity index (χ4n) is 2.60. The van der Waals surface area contributed by atoms with Gasteiger partial charge in [0.2, 0.25) is 0 Å². The van der Waals surface area contributed by atoms with Crippen molar-refractivity contribution in [2.45, 2.75) is 24.4 Å². The van der Waals surface area contributed by atoms with E-state index in [4.69, 9.17) is 0 Å². The number of hydrogen-bond acceptors (Lipinski definition) is 4. The monoisotopic (exact) mass is 381 g/mol. The first-order chi connectivity index (χ1) is 12.3. The number of carbonyl (C=O) groups is 1. The van der Waals surface area contributed by atoms with E-state index in [1.807, 2.05) is 12.2 Å². The van der Waals surface area contributed by atoms with E-state index in [9.17, 15) is 23.2 Å². The summed E-state index contributed by atoms with van der Waals surface area (Å²) in [5, 5.41) is 18.8. The van der Waals surface area contributed by atoms with E-state index >= 15 is 0 Å². The molecule has 0 saturated carbocycles. The topological polar surface area (TPSA) is 68.9 Å². The number of amides is 1. The molecule has 0 spiro atoms. The molecule has 2 aromatic carbocycles. The van der Waals surface area contributed by atoms with Crippen LogP contribution in [0.2, 0.25) is 0 Å². The third-order valence-corrected chi connectivity index (χ3v) is 4.93. The average molecular weight is 381 g/mol. The number of thioether (sulfide) groups is 1. The summed E-state index contributed by atoms with van der Waals surface area (Å²) in [7, 11) is 0. The lowest BCUT2D eigenvalue weighted by molar-refractivity contribution is -0.640. The van der Waals surface area contributed by atoms with Gasteiger partial charge < -0.3 is 10.5 Å². The highest BCUT2D eigenvalue weighted by atomic mass is 32.2. The Morgan fingerprint density at radius 2 is 1.96 bits per heavy atom. The maximum absolute atomic E-state index is 12.7. The number of nitrogens with one attached hydrogen (secondary N) is 1. The van der Waals surface area contributed by atoms with E-state index in [1.54, 1.807) is 18.2 Å². The van der Waals surface area contributed by atoms with Gasteiger partial charge in [-0.3, -0.25) is 4.79 Å². The number of nitrogens with zero attached hydrogens (tertiary/aromatic N) is 2. The largest absolute Gasteiger partial charge is 0.594 e. The van der Waals surface area contributed by atoms with Crippen LogP contribution in [0, 0.1) is 5.21 Å². The number of hydrogen-bond donors (Lipinski definition) is 1. The van der Waals surface area contributed by atoms with Crippen LogP contribution in [0.5, 0.6) is 0 Å². The lowest BCUT2D eigenvalue weighted by atomic mass is 10.1. The molecule has 26 heavy (non-hydrogen) atoms. The first kappa shape index (κ1) is 18.2. The van der Waals surface area contributed by atoms with Crippen molar-refractivity contribution in [1.82, 2.24) is 5.10 Å². The van der Waals surface area contributed by atoms with Crippen molar-refractivity contribution in [2.24, 2.45) is 0 Å². The number of aromatic nitrogens is 2. The molecule has 1 N–H and O–H groups in total. The molecule has 0 unspecified atom stereocenters. The van der Waals surface area contributed by atoms with Gasteiger partial charge in [-0.1, -0.05) is 19.1 Å². The molecule has 1 amide bonds. The second kappa shape index (κ2) is 6.99. The smallest absolute Gasteiger partial charge is 0.471 e. The van der Waals surface area contributed by atoms with Crippen molar-refractivity contribution in [2.75, 3.05) is 11.1 Å². The lowest BCUT2D eigenvalue weighted by Crippen LogP contribution is -2.32. The number of fused-ring (bicyclic) bond motifs is 3. The van der Waals surface area contributed by atoms with Crippen LogP contribution in [0.1, 0.15) is 13.3 Å². The molecule has 136 valence electrons. The molecule has 0 atom stereocenters. The molecule has 0 radical (unpaired) electrons. The van der Waals surface area contributed by atoms with E-state index < -0.39 is 12.1 Å². The minimum absolute atomic E-state index is 0.0347. The molecule has 5 nitrogen and oxygen atoms in total. The number of benzene rings is 2. The molecule has 0 fully saturated rings. The van der Waals surface area contributed by atoms with Gasteiger partial charge in [-0.05, 0) is 35.2 Å². The molecule has 1 heterocycles.